The first-order valence-electron chi connectivity index (χ1n) is 4.82. The number of rotatable bonds is 3. The molecule has 2 unspecified atom stereocenters. The van der Waals surface area contributed by atoms with Crippen LogP contribution < -0.4 is 11.1 Å². The fourth-order valence-electron chi connectivity index (χ4n) is 1.18. The summed E-state index contributed by atoms with van der Waals surface area (Å²) in [6.07, 6.45) is 0. The normalized spacial score (nSPS) is 14.4. The molecule has 82 valence electrons. The zero-order chi connectivity index (χ0) is 11.4. The average Bonchev–Trinajstić information content (AvgIpc) is 2.18. The Bertz CT molecular complexity index is 335. The van der Waals surface area contributed by atoms with E-state index in [9.17, 15) is 4.79 Å². The van der Waals surface area contributed by atoms with Crippen LogP contribution in [0.5, 0.6) is 0 Å². The van der Waals surface area contributed by atoms with E-state index < -0.39 is 6.04 Å². The van der Waals surface area contributed by atoms with Crippen molar-refractivity contribution in [2.45, 2.75) is 25.9 Å². The maximum atomic E-state index is 11.3. The minimum absolute atomic E-state index is 0.0170. The molecule has 0 saturated heterocycles. The number of hydrogen-bond donors (Lipinski definition) is 2. The number of carbonyl (C=O) groups excluding carboxylic acids is 1. The summed E-state index contributed by atoms with van der Waals surface area (Å²) in [5, 5.41) is 2.84. The van der Waals surface area contributed by atoms with Crippen molar-refractivity contribution in [3.05, 3.63) is 34.3 Å². The molecule has 3 nitrogen and oxygen atoms in total. The molecule has 0 radical (unpaired) electrons. The lowest BCUT2D eigenvalue weighted by atomic mass is 10.1. The van der Waals surface area contributed by atoms with Gasteiger partial charge in [0.05, 0.1) is 12.1 Å². The Hall–Kier alpha value is -0.870. The van der Waals surface area contributed by atoms with Crippen LogP contribution in [-0.2, 0) is 4.79 Å². The van der Waals surface area contributed by atoms with E-state index in [1.54, 1.807) is 6.92 Å². The van der Waals surface area contributed by atoms with Crippen LogP contribution in [0.2, 0.25) is 0 Å². The predicted octanol–water partition coefficient (Wildman–Crippen LogP) is 1.97. The van der Waals surface area contributed by atoms with E-state index >= 15 is 0 Å². The number of amides is 1. The summed E-state index contributed by atoms with van der Waals surface area (Å²) in [6, 6.07) is 7.35. The second kappa shape index (κ2) is 5.28. The highest BCUT2D eigenvalue weighted by Gasteiger charge is 2.12. The largest absolute Gasteiger partial charge is 0.348 e. The Morgan fingerprint density at radius 3 is 2.33 bits per heavy atom. The van der Waals surface area contributed by atoms with Crippen LogP contribution in [0.4, 0.5) is 0 Å². The molecule has 0 aliphatic carbocycles. The molecule has 0 aromatic heterocycles. The van der Waals surface area contributed by atoms with Crippen molar-refractivity contribution < 1.29 is 4.79 Å². The first-order valence-corrected chi connectivity index (χ1v) is 5.61. The summed E-state index contributed by atoms with van der Waals surface area (Å²) in [7, 11) is 0. The van der Waals surface area contributed by atoms with Crippen LogP contribution in [0, 0.1) is 0 Å². The van der Waals surface area contributed by atoms with Gasteiger partial charge < -0.3 is 11.1 Å². The molecule has 1 aromatic carbocycles. The third kappa shape index (κ3) is 3.64. The highest BCUT2D eigenvalue weighted by atomic mass is 79.9. The van der Waals surface area contributed by atoms with E-state index in [4.69, 9.17) is 5.73 Å². The van der Waals surface area contributed by atoms with Crippen LogP contribution in [0.15, 0.2) is 28.7 Å². The van der Waals surface area contributed by atoms with Crippen molar-refractivity contribution in [1.82, 2.24) is 5.32 Å². The SMILES string of the molecule is CC(N)C(=O)NC(C)c1ccc(Br)cc1. The van der Waals surface area contributed by atoms with Gasteiger partial charge in [0.2, 0.25) is 5.91 Å². The molecule has 0 bridgehead atoms. The van der Waals surface area contributed by atoms with Crippen molar-refractivity contribution in [1.29, 1.82) is 0 Å². The number of nitrogens with two attached hydrogens (primary N) is 1. The lowest BCUT2D eigenvalue weighted by Gasteiger charge is -2.15. The first kappa shape index (κ1) is 12.2. The second-order valence-electron chi connectivity index (χ2n) is 3.57. The third-order valence-electron chi connectivity index (χ3n) is 2.14. The summed E-state index contributed by atoms with van der Waals surface area (Å²) < 4.78 is 1.02. The van der Waals surface area contributed by atoms with E-state index in [2.05, 4.69) is 21.2 Å². The lowest BCUT2D eigenvalue weighted by Crippen LogP contribution is -2.39. The molecule has 3 N–H and O–H groups in total. The number of benzene rings is 1. The summed E-state index contributed by atoms with van der Waals surface area (Å²) in [4.78, 5) is 11.3. The fourth-order valence-corrected chi connectivity index (χ4v) is 1.44. The third-order valence-corrected chi connectivity index (χ3v) is 2.67. The molecule has 2 atom stereocenters. The van der Waals surface area contributed by atoms with E-state index in [0.29, 0.717) is 0 Å². The van der Waals surface area contributed by atoms with Gasteiger partial charge in [0.15, 0.2) is 0 Å². The summed E-state index contributed by atoms with van der Waals surface area (Å²) in [5.41, 5.74) is 6.53. The van der Waals surface area contributed by atoms with Crippen LogP contribution in [0.1, 0.15) is 25.5 Å². The minimum atomic E-state index is -0.470. The first-order chi connectivity index (χ1) is 7.00. The molecule has 1 aromatic rings. The van der Waals surface area contributed by atoms with Gasteiger partial charge in [0.1, 0.15) is 0 Å². The van der Waals surface area contributed by atoms with Crippen molar-refractivity contribution in [3.8, 4) is 0 Å². The van der Waals surface area contributed by atoms with Crippen molar-refractivity contribution >= 4 is 21.8 Å². The minimum Gasteiger partial charge on any atom is -0.348 e. The number of carbonyl (C=O) groups is 1. The van der Waals surface area contributed by atoms with Gasteiger partial charge in [0, 0.05) is 4.47 Å². The monoisotopic (exact) mass is 270 g/mol. The van der Waals surface area contributed by atoms with Crippen molar-refractivity contribution in [3.63, 3.8) is 0 Å². The Labute approximate surface area is 98.2 Å². The molecule has 0 spiro atoms. The van der Waals surface area contributed by atoms with Crippen LogP contribution in [0.3, 0.4) is 0 Å². The smallest absolute Gasteiger partial charge is 0.237 e. The van der Waals surface area contributed by atoms with E-state index in [-0.39, 0.29) is 11.9 Å². The van der Waals surface area contributed by atoms with Gasteiger partial charge in [-0.3, -0.25) is 4.79 Å². The Balaban J connectivity index is 2.65. The van der Waals surface area contributed by atoms with Crippen LogP contribution >= 0.6 is 15.9 Å². The molecule has 0 saturated carbocycles. The highest BCUT2D eigenvalue weighted by molar-refractivity contribution is 9.10. The topological polar surface area (TPSA) is 55.1 Å². The number of hydrogen-bond acceptors (Lipinski definition) is 2. The molecule has 4 heteroatoms. The fraction of sp³-hybridized carbons (Fsp3) is 0.364. The molecule has 0 aliphatic heterocycles. The van der Waals surface area contributed by atoms with Gasteiger partial charge in [0.25, 0.3) is 0 Å². The molecular weight excluding hydrogens is 256 g/mol. The van der Waals surface area contributed by atoms with Gasteiger partial charge in [-0.25, -0.2) is 0 Å². The van der Waals surface area contributed by atoms with Gasteiger partial charge in [-0.2, -0.15) is 0 Å². The Kier molecular flexibility index (Phi) is 4.29. The quantitative estimate of drug-likeness (QED) is 0.883. The maximum Gasteiger partial charge on any atom is 0.237 e. The summed E-state index contributed by atoms with van der Waals surface area (Å²) in [5.74, 6) is -0.134. The Morgan fingerprint density at radius 2 is 1.87 bits per heavy atom. The van der Waals surface area contributed by atoms with Crippen molar-refractivity contribution in [2.24, 2.45) is 5.73 Å². The summed E-state index contributed by atoms with van der Waals surface area (Å²) in [6.45, 7) is 3.60. The van der Waals surface area contributed by atoms with Crippen LogP contribution in [0.25, 0.3) is 0 Å². The standard InChI is InChI=1S/C11H15BrN2O/c1-7(13)11(15)14-8(2)9-3-5-10(12)6-4-9/h3-8H,13H2,1-2H3,(H,14,15). The maximum absolute atomic E-state index is 11.3. The van der Waals surface area contributed by atoms with Gasteiger partial charge in [-0.1, -0.05) is 28.1 Å². The number of halogens is 1. The molecule has 0 fully saturated rings. The highest BCUT2D eigenvalue weighted by Crippen LogP contribution is 2.16. The zero-order valence-electron chi connectivity index (χ0n) is 8.83. The van der Waals surface area contributed by atoms with E-state index in [0.717, 1.165) is 10.0 Å². The lowest BCUT2D eigenvalue weighted by molar-refractivity contribution is -0.122. The zero-order valence-corrected chi connectivity index (χ0v) is 10.4. The van der Waals surface area contributed by atoms with Crippen molar-refractivity contribution in [2.75, 3.05) is 0 Å². The van der Waals surface area contributed by atoms with Gasteiger partial charge in [-0.15, -0.1) is 0 Å². The van der Waals surface area contributed by atoms with Gasteiger partial charge in [-0.05, 0) is 31.5 Å². The summed E-state index contributed by atoms with van der Waals surface area (Å²) >= 11 is 3.36. The predicted molar refractivity (Wildman–Crippen MR) is 64.3 cm³/mol. The van der Waals surface area contributed by atoms with Gasteiger partial charge >= 0.3 is 0 Å². The molecule has 1 rings (SSSR count). The molecule has 0 heterocycles. The molecule has 0 aliphatic rings. The van der Waals surface area contributed by atoms with Crippen LogP contribution in [-0.4, -0.2) is 11.9 Å². The molecular formula is C11H15BrN2O. The molecule has 1 amide bonds. The number of nitrogens with one attached hydrogen (secondary N) is 1. The second-order valence-corrected chi connectivity index (χ2v) is 4.49. The van der Waals surface area contributed by atoms with E-state index in [1.807, 2.05) is 31.2 Å². The molecule has 15 heavy (non-hydrogen) atoms. The van der Waals surface area contributed by atoms with E-state index in [1.165, 1.54) is 0 Å². The average molecular weight is 271 g/mol. The Morgan fingerprint density at radius 1 is 1.33 bits per heavy atom.